The SMILES string of the molecule is CC(C)(C)c1cc(NC(=O)Nc2ccc(Oc3ccncc3)cc2)n(-c2ccc(NC(CC=O)C(=O)O)cc2)n1. The maximum absolute atomic E-state index is 12.9. The standard InChI is InChI=1S/C29H30N6O5/c1-29(2,3)25-18-26(35(34-25)21-8-4-19(5-9-21)31-24(14-17-36)27(37)38)33-28(39)32-20-6-10-22(11-7-20)40-23-12-15-30-16-13-23/h4-13,15-18,24,31H,14H2,1-3H3,(H,37,38)(H2,32,33,39). The molecule has 1 unspecified atom stereocenters. The van der Waals surface area contributed by atoms with Crippen molar-refractivity contribution in [2.75, 3.05) is 16.0 Å². The molecule has 40 heavy (non-hydrogen) atoms. The lowest BCUT2D eigenvalue weighted by Crippen LogP contribution is -2.29. The minimum Gasteiger partial charge on any atom is -0.480 e. The number of benzene rings is 2. The Balaban J connectivity index is 1.48. The van der Waals surface area contributed by atoms with E-state index in [2.05, 4.69) is 20.9 Å². The van der Waals surface area contributed by atoms with Gasteiger partial charge in [0.25, 0.3) is 0 Å². The second kappa shape index (κ2) is 12.1. The highest BCUT2D eigenvalue weighted by atomic mass is 16.5. The van der Waals surface area contributed by atoms with Gasteiger partial charge in [-0.1, -0.05) is 20.8 Å². The molecule has 4 aromatic rings. The zero-order chi connectivity index (χ0) is 28.7. The maximum atomic E-state index is 12.9. The topological polar surface area (TPSA) is 147 Å². The number of hydrogen-bond acceptors (Lipinski definition) is 7. The van der Waals surface area contributed by atoms with Crippen LogP contribution in [0.25, 0.3) is 5.69 Å². The summed E-state index contributed by atoms with van der Waals surface area (Å²) in [5.41, 5.74) is 2.23. The van der Waals surface area contributed by atoms with Gasteiger partial charge in [0.05, 0.1) is 11.4 Å². The first-order valence-corrected chi connectivity index (χ1v) is 12.5. The highest BCUT2D eigenvalue weighted by molar-refractivity contribution is 5.99. The number of aromatic nitrogens is 3. The molecule has 11 heteroatoms. The summed E-state index contributed by atoms with van der Waals surface area (Å²) in [7, 11) is 0. The predicted octanol–water partition coefficient (Wildman–Crippen LogP) is 5.46. The van der Waals surface area contributed by atoms with Crippen molar-refractivity contribution < 1.29 is 24.2 Å². The first-order chi connectivity index (χ1) is 19.1. The van der Waals surface area contributed by atoms with Crippen LogP contribution in [0.15, 0.2) is 79.1 Å². The van der Waals surface area contributed by atoms with Gasteiger partial charge in [-0.05, 0) is 60.7 Å². The Morgan fingerprint density at radius 3 is 2.17 bits per heavy atom. The van der Waals surface area contributed by atoms with Crippen LogP contribution >= 0.6 is 0 Å². The minimum atomic E-state index is -1.12. The van der Waals surface area contributed by atoms with E-state index < -0.39 is 18.0 Å². The van der Waals surface area contributed by atoms with Gasteiger partial charge >= 0.3 is 12.0 Å². The second-order valence-corrected chi connectivity index (χ2v) is 9.95. The van der Waals surface area contributed by atoms with E-state index in [-0.39, 0.29) is 11.8 Å². The average molecular weight is 543 g/mol. The van der Waals surface area contributed by atoms with Gasteiger partial charge in [0.1, 0.15) is 29.6 Å². The number of carbonyl (C=O) groups excluding carboxylic acids is 2. The molecule has 0 spiro atoms. The molecule has 0 fully saturated rings. The molecular weight excluding hydrogens is 512 g/mol. The van der Waals surface area contributed by atoms with Crippen LogP contribution in [0.2, 0.25) is 0 Å². The molecule has 2 amide bonds. The Morgan fingerprint density at radius 2 is 1.57 bits per heavy atom. The normalized spacial score (nSPS) is 11.8. The van der Waals surface area contributed by atoms with E-state index in [1.54, 1.807) is 77.7 Å². The summed E-state index contributed by atoms with van der Waals surface area (Å²) in [5, 5.41) is 22.5. The molecule has 0 aliphatic heterocycles. The van der Waals surface area contributed by atoms with E-state index in [1.807, 2.05) is 26.8 Å². The summed E-state index contributed by atoms with van der Waals surface area (Å²) in [6.45, 7) is 6.06. The van der Waals surface area contributed by atoms with Gasteiger partial charge in [-0.3, -0.25) is 10.3 Å². The van der Waals surface area contributed by atoms with E-state index in [9.17, 15) is 19.5 Å². The summed E-state index contributed by atoms with van der Waals surface area (Å²) in [5.74, 6) is 0.600. The van der Waals surface area contributed by atoms with Crippen LogP contribution in [-0.2, 0) is 15.0 Å². The molecule has 2 aromatic heterocycles. The second-order valence-electron chi connectivity index (χ2n) is 9.95. The number of urea groups is 1. The van der Waals surface area contributed by atoms with Crippen molar-refractivity contribution in [1.82, 2.24) is 14.8 Å². The van der Waals surface area contributed by atoms with Gasteiger partial charge in [-0.25, -0.2) is 14.3 Å². The van der Waals surface area contributed by atoms with Crippen molar-refractivity contribution in [3.63, 3.8) is 0 Å². The highest BCUT2D eigenvalue weighted by Crippen LogP contribution is 2.27. The number of rotatable bonds is 10. The number of amides is 2. The zero-order valence-electron chi connectivity index (χ0n) is 22.3. The van der Waals surface area contributed by atoms with Crippen molar-refractivity contribution >= 4 is 35.5 Å². The summed E-state index contributed by atoms with van der Waals surface area (Å²) in [6, 6.07) is 17.6. The first kappa shape index (κ1) is 27.8. The van der Waals surface area contributed by atoms with Crippen LogP contribution in [0.5, 0.6) is 11.5 Å². The first-order valence-electron chi connectivity index (χ1n) is 12.5. The Labute approximate surface area is 231 Å². The number of aliphatic carboxylic acids is 1. The number of carbonyl (C=O) groups is 3. The summed E-state index contributed by atoms with van der Waals surface area (Å²) < 4.78 is 7.36. The third kappa shape index (κ3) is 7.22. The Bertz CT molecular complexity index is 1460. The molecule has 4 N–H and O–H groups in total. The van der Waals surface area contributed by atoms with Gasteiger partial charge in [0.15, 0.2) is 0 Å². The number of aldehydes is 1. The van der Waals surface area contributed by atoms with Gasteiger partial charge in [0.2, 0.25) is 0 Å². The molecule has 0 aliphatic rings. The molecule has 1 atom stereocenters. The predicted molar refractivity (Wildman–Crippen MR) is 151 cm³/mol. The minimum absolute atomic E-state index is 0.158. The van der Waals surface area contributed by atoms with Gasteiger partial charge in [-0.15, -0.1) is 0 Å². The van der Waals surface area contributed by atoms with E-state index in [4.69, 9.17) is 9.84 Å². The Hall–Kier alpha value is -5.19. The smallest absolute Gasteiger partial charge is 0.326 e. The fourth-order valence-corrected chi connectivity index (χ4v) is 3.68. The van der Waals surface area contributed by atoms with Crippen LogP contribution in [0.4, 0.5) is 22.0 Å². The van der Waals surface area contributed by atoms with E-state index in [0.717, 1.165) is 5.69 Å². The fraction of sp³-hybridized carbons (Fsp3) is 0.207. The van der Waals surface area contributed by atoms with Crippen molar-refractivity contribution in [1.29, 1.82) is 0 Å². The molecule has 0 saturated heterocycles. The number of carboxylic acids is 1. The van der Waals surface area contributed by atoms with Gasteiger partial charge in [0, 0.05) is 41.7 Å². The monoisotopic (exact) mass is 542 g/mol. The third-order valence-corrected chi connectivity index (χ3v) is 5.80. The molecule has 0 bridgehead atoms. The maximum Gasteiger partial charge on any atom is 0.326 e. The van der Waals surface area contributed by atoms with Crippen LogP contribution in [-0.4, -0.2) is 44.2 Å². The van der Waals surface area contributed by atoms with Crippen molar-refractivity contribution in [3.05, 3.63) is 84.8 Å². The Morgan fingerprint density at radius 1 is 0.950 bits per heavy atom. The number of nitrogens with zero attached hydrogens (tertiary/aromatic N) is 3. The molecule has 4 rings (SSSR count). The molecule has 0 radical (unpaired) electrons. The fourth-order valence-electron chi connectivity index (χ4n) is 3.68. The van der Waals surface area contributed by atoms with Gasteiger partial charge < -0.3 is 25.3 Å². The van der Waals surface area contributed by atoms with Crippen molar-refractivity contribution in [2.24, 2.45) is 0 Å². The van der Waals surface area contributed by atoms with Crippen LogP contribution < -0.4 is 20.7 Å². The van der Waals surface area contributed by atoms with Crippen LogP contribution in [0.3, 0.4) is 0 Å². The number of carboxylic acid groups (broad SMARTS) is 1. The van der Waals surface area contributed by atoms with Crippen molar-refractivity contribution in [2.45, 2.75) is 38.6 Å². The highest BCUT2D eigenvalue weighted by Gasteiger charge is 2.22. The lowest BCUT2D eigenvalue weighted by molar-refractivity contribution is -0.138. The number of hydrogen-bond donors (Lipinski definition) is 4. The van der Waals surface area contributed by atoms with Gasteiger partial charge in [-0.2, -0.15) is 5.10 Å². The summed E-state index contributed by atoms with van der Waals surface area (Å²) >= 11 is 0. The van der Waals surface area contributed by atoms with Crippen LogP contribution in [0, 0.1) is 0 Å². The third-order valence-electron chi connectivity index (χ3n) is 5.80. The zero-order valence-corrected chi connectivity index (χ0v) is 22.3. The largest absolute Gasteiger partial charge is 0.480 e. The molecule has 0 saturated carbocycles. The number of pyridine rings is 1. The number of nitrogens with one attached hydrogen (secondary N) is 3. The summed E-state index contributed by atoms with van der Waals surface area (Å²) in [6.07, 6.45) is 3.68. The molecule has 2 heterocycles. The molecule has 2 aromatic carbocycles. The molecule has 0 aliphatic carbocycles. The quantitative estimate of drug-likeness (QED) is 0.193. The summed E-state index contributed by atoms with van der Waals surface area (Å²) in [4.78, 5) is 39.0. The molecule has 11 nitrogen and oxygen atoms in total. The average Bonchev–Trinajstić information content (AvgIpc) is 3.35. The van der Waals surface area contributed by atoms with Crippen LogP contribution in [0.1, 0.15) is 32.9 Å². The van der Waals surface area contributed by atoms with E-state index in [0.29, 0.717) is 40.7 Å². The Kier molecular flexibility index (Phi) is 8.43. The number of ether oxygens (including phenoxy) is 1. The van der Waals surface area contributed by atoms with E-state index >= 15 is 0 Å². The lowest BCUT2D eigenvalue weighted by Gasteiger charge is -2.15. The van der Waals surface area contributed by atoms with E-state index in [1.165, 1.54) is 0 Å². The molecule has 206 valence electrons. The molecular formula is C29H30N6O5. The lowest BCUT2D eigenvalue weighted by atomic mass is 9.92. The van der Waals surface area contributed by atoms with Crippen molar-refractivity contribution in [3.8, 4) is 17.2 Å². The number of anilines is 3.